The maximum Gasteiger partial charge on any atom is 0.494 e. The minimum atomic E-state index is -0.753. The molecule has 0 atom stereocenters. The van der Waals surface area contributed by atoms with Gasteiger partial charge in [0.25, 0.3) is 0 Å². The van der Waals surface area contributed by atoms with Crippen LogP contribution in [0.25, 0.3) is 11.1 Å². The Labute approximate surface area is 425 Å². The van der Waals surface area contributed by atoms with Crippen molar-refractivity contribution in [2.45, 2.75) is 148 Å². The zero-order valence-corrected chi connectivity index (χ0v) is 44.5. The average molecular weight is 971 g/mol. The molecule has 4 aromatic rings. The fourth-order valence-corrected chi connectivity index (χ4v) is 10.4. The van der Waals surface area contributed by atoms with Gasteiger partial charge in [-0.3, -0.25) is 0 Å². The van der Waals surface area contributed by atoms with E-state index in [2.05, 4.69) is 154 Å². The Bertz CT molecular complexity index is 2220. The lowest BCUT2D eigenvalue weighted by Crippen LogP contribution is -2.43. The van der Waals surface area contributed by atoms with Crippen LogP contribution < -0.4 is 20.4 Å². The molecule has 0 radical (unpaired) electrons. The van der Waals surface area contributed by atoms with E-state index in [0.717, 1.165) is 160 Å². The first kappa shape index (κ1) is 52.2. The second-order valence-electron chi connectivity index (χ2n) is 23.8. The fraction of sp³-hybridized carbons (Fsp3) is 0.593. The third-order valence-corrected chi connectivity index (χ3v) is 16.4. The molecule has 71 heavy (non-hydrogen) atoms. The van der Waals surface area contributed by atoms with Gasteiger partial charge in [0.1, 0.15) is 11.5 Å². The van der Waals surface area contributed by atoms with Gasteiger partial charge >= 0.3 is 14.2 Å². The minimum Gasteiger partial charge on any atom is -0.494 e. The molecule has 0 bridgehead atoms. The van der Waals surface area contributed by atoms with Crippen LogP contribution in [0.15, 0.2) is 84.9 Å². The van der Waals surface area contributed by atoms with Crippen LogP contribution in [-0.2, 0) is 43.0 Å². The van der Waals surface area contributed by atoms with Crippen LogP contribution in [0.1, 0.15) is 143 Å². The smallest absolute Gasteiger partial charge is 0.494 e. The van der Waals surface area contributed by atoms with Crippen molar-refractivity contribution in [1.29, 1.82) is 0 Å². The quantitative estimate of drug-likeness (QED) is 0.0440. The monoisotopic (exact) mass is 971 g/mol. The van der Waals surface area contributed by atoms with Gasteiger partial charge in [-0.2, -0.15) is 0 Å². The fourth-order valence-electron chi connectivity index (χ4n) is 10.4. The largest absolute Gasteiger partial charge is 0.494 e. The van der Waals surface area contributed by atoms with Gasteiger partial charge in [-0.1, -0.05) is 87.4 Å². The first-order valence-corrected chi connectivity index (χ1v) is 26.6. The summed E-state index contributed by atoms with van der Waals surface area (Å²) in [7, 11) is -1.06. The topological polar surface area (TPSA) is 92.3 Å². The molecule has 0 N–H and O–H groups in total. The van der Waals surface area contributed by atoms with E-state index in [9.17, 15) is 0 Å². The summed E-state index contributed by atoms with van der Waals surface area (Å²) in [6.45, 7) is 29.0. The van der Waals surface area contributed by atoms with E-state index >= 15 is 0 Å². The van der Waals surface area contributed by atoms with E-state index in [1.54, 1.807) is 0 Å². The van der Waals surface area contributed by atoms with Crippen LogP contribution in [-0.4, -0.2) is 103 Å². The predicted octanol–water partition coefficient (Wildman–Crippen LogP) is 10.6. The summed E-state index contributed by atoms with van der Waals surface area (Å²) < 4.78 is 62.3. The molecule has 0 aromatic heterocycles. The molecule has 9 rings (SSSR count). The Kier molecular flexibility index (Phi) is 15.4. The van der Waals surface area contributed by atoms with Crippen molar-refractivity contribution in [2.75, 3.05) is 66.1 Å². The van der Waals surface area contributed by atoms with Crippen molar-refractivity contribution in [3.05, 3.63) is 107 Å². The summed E-state index contributed by atoms with van der Waals surface area (Å²) in [4.78, 5) is 0. The van der Waals surface area contributed by atoms with Crippen LogP contribution in [0, 0.1) is 10.8 Å². The number of benzene rings is 4. The third kappa shape index (κ3) is 10.9. The van der Waals surface area contributed by atoms with Crippen molar-refractivity contribution < 1.29 is 47.0 Å². The van der Waals surface area contributed by atoms with E-state index in [4.69, 9.17) is 47.0 Å². The number of fused-ring (bicyclic) bond motifs is 3. The number of rotatable bonds is 24. The highest BCUT2D eigenvalue weighted by Gasteiger charge is 2.55. The number of hydrogen-bond acceptors (Lipinski definition) is 10. The molecule has 4 fully saturated rings. The lowest BCUT2D eigenvalue weighted by Gasteiger charge is -2.37. The molecule has 0 amide bonds. The highest BCUT2D eigenvalue weighted by atomic mass is 16.7. The van der Waals surface area contributed by atoms with E-state index in [-0.39, 0.29) is 10.8 Å². The van der Waals surface area contributed by atoms with Gasteiger partial charge in [-0.15, -0.1) is 0 Å². The summed E-state index contributed by atoms with van der Waals surface area (Å²) in [5.41, 5.74) is 6.53. The van der Waals surface area contributed by atoms with Crippen molar-refractivity contribution in [2.24, 2.45) is 10.8 Å². The molecule has 4 heterocycles. The van der Waals surface area contributed by atoms with E-state index in [0.29, 0.717) is 13.2 Å². The van der Waals surface area contributed by atoms with Crippen LogP contribution in [0.5, 0.6) is 11.5 Å². The Morgan fingerprint density at radius 1 is 0.408 bits per heavy atom. The number of ether oxygens (including phenoxy) is 6. The van der Waals surface area contributed by atoms with Crippen LogP contribution in [0.2, 0.25) is 0 Å². The second-order valence-corrected chi connectivity index (χ2v) is 23.8. The van der Waals surface area contributed by atoms with Gasteiger partial charge in [0.2, 0.25) is 0 Å². The SMILES string of the molecule is CC1(COCCCCCCOc2ccc(C3(c4ccc(OCCCCCCOCC5(C)COC5)cc4)c4cc(B5OC(C)(C)C(C)(C)O5)ccc4-c4ccc(B5OC(C)(C)C(C)(C)O5)cc43)cc2)COC1. The van der Waals surface area contributed by atoms with Gasteiger partial charge in [-0.25, -0.2) is 0 Å². The highest BCUT2D eigenvalue weighted by Crippen LogP contribution is 2.56. The van der Waals surface area contributed by atoms with Crippen LogP contribution in [0.4, 0.5) is 0 Å². The molecule has 12 heteroatoms. The molecular formula is C59H80B2O10. The van der Waals surface area contributed by atoms with Gasteiger partial charge in [0.15, 0.2) is 0 Å². The van der Waals surface area contributed by atoms with Crippen molar-refractivity contribution in [3.8, 4) is 22.6 Å². The van der Waals surface area contributed by atoms with Crippen LogP contribution >= 0.6 is 0 Å². The maximum absolute atomic E-state index is 6.71. The molecule has 0 spiro atoms. The van der Waals surface area contributed by atoms with Crippen molar-refractivity contribution in [1.82, 2.24) is 0 Å². The standard InChI is InChI=1S/C59H80B2O10/c1-53(2)54(3,4)69-60(68-53)45-23-29-49-50-30-24-46(61-70-55(5,6)56(7,8)71-61)36-52(50)59(51(49)35-45,43-19-25-47(26-20-43)66-33-17-13-11-15-31-62-37-57(9)39-64-40-57)44-21-27-48(28-22-44)67-34-18-14-12-16-32-63-38-58(10)41-65-42-58/h19-30,35-36H,11-18,31-34,37-42H2,1-10H3. The summed E-state index contributed by atoms with van der Waals surface area (Å²) in [6, 6.07) is 31.0. The van der Waals surface area contributed by atoms with Gasteiger partial charge < -0.3 is 47.0 Å². The predicted molar refractivity (Wildman–Crippen MR) is 283 cm³/mol. The van der Waals surface area contributed by atoms with Crippen LogP contribution in [0.3, 0.4) is 0 Å². The molecule has 4 aromatic carbocycles. The Balaban J connectivity index is 0.983. The first-order chi connectivity index (χ1) is 33.8. The Morgan fingerprint density at radius 3 is 1.07 bits per heavy atom. The molecule has 0 saturated carbocycles. The van der Waals surface area contributed by atoms with E-state index in [1.807, 2.05) is 0 Å². The molecular weight excluding hydrogens is 890 g/mol. The molecule has 4 aliphatic heterocycles. The minimum absolute atomic E-state index is 0.197. The van der Waals surface area contributed by atoms with Gasteiger partial charge in [0, 0.05) is 24.0 Å². The Morgan fingerprint density at radius 2 is 0.746 bits per heavy atom. The van der Waals surface area contributed by atoms with E-state index in [1.165, 1.54) is 0 Å². The second kappa shape index (κ2) is 20.9. The molecule has 5 aliphatic rings. The average Bonchev–Trinajstić information content (AvgIpc) is 3.83. The van der Waals surface area contributed by atoms with Gasteiger partial charge in [0.05, 0.1) is 80.7 Å². The molecule has 1 aliphatic carbocycles. The summed E-state index contributed by atoms with van der Waals surface area (Å²) in [5.74, 6) is 1.71. The zero-order chi connectivity index (χ0) is 50.1. The van der Waals surface area contributed by atoms with Crippen molar-refractivity contribution in [3.63, 3.8) is 0 Å². The molecule has 0 unspecified atom stereocenters. The zero-order valence-electron chi connectivity index (χ0n) is 44.5. The number of hydrogen-bond donors (Lipinski definition) is 0. The Hall–Kier alpha value is -3.71. The highest BCUT2D eigenvalue weighted by molar-refractivity contribution is 6.62. The first-order valence-electron chi connectivity index (χ1n) is 26.6. The molecule has 382 valence electrons. The third-order valence-electron chi connectivity index (χ3n) is 16.4. The number of unbranched alkanes of at least 4 members (excludes halogenated alkanes) is 6. The summed E-state index contributed by atoms with van der Waals surface area (Å²) in [6.07, 6.45) is 8.53. The lowest BCUT2D eigenvalue weighted by molar-refractivity contribution is -0.138. The summed E-state index contributed by atoms with van der Waals surface area (Å²) in [5, 5.41) is 0. The maximum atomic E-state index is 6.71. The summed E-state index contributed by atoms with van der Waals surface area (Å²) >= 11 is 0. The van der Waals surface area contributed by atoms with E-state index < -0.39 is 42.1 Å². The molecule has 10 nitrogen and oxygen atoms in total. The van der Waals surface area contributed by atoms with Crippen molar-refractivity contribution >= 4 is 25.2 Å². The normalized spacial score (nSPS) is 21.3. The molecule has 4 saturated heterocycles. The van der Waals surface area contributed by atoms with Gasteiger partial charge in [-0.05, 0) is 162 Å². The lowest BCUT2D eigenvalue weighted by atomic mass is 9.65.